The number of carbonyl (C=O) groups excluding carboxylic acids is 1. The van der Waals surface area contributed by atoms with E-state index >= 15 is 0 Å². The van der Waals surface area contributed by atoms with Crippen LogP contribution in [-0.2, 0) is 4.79 Å². The number of amides is 1. The third kappa shape index (κ3) is 7.37. The molecule has 0 aromatic carbocycles. The zero-order valence-electron chi connectivity index (χ0n) is 10.6. The van der Waals surface area contributed by atoms with E-state index in [1.807, 2.05) is 6.92 Å². The summed E-state index contributed by atoms with van der Waals surface area (Å²) in [6.45, 7) is 6.27. The van der Waals surface area contributed by atoms with Crippen LogP contribution in [0.25, 0.3) is 0 Å². The van der Waals surface area contributed by atoms with Crippen LogP contribution >= 0.6 is 0 Å². The highest BCUT2D eigenvalue weighted by Crippen LogP contribution is 2.05. The number of hydrogen-bond donors (Lipinski definition) is 2. The zero-order chi connectivity index (χ0) is 11.7. The van der Waals surface area contributed by atoms with Crippen molar-refractivity contribution in [3.8, 4) is 0 Å². The van der Waals surface area contributed by atoms with Gasteiger partial charge in [-0.1, -0.05) is 32.6 Å². The number of nitrogens with one attached hydrogen (secondary N) is 2. The van der Waals surface area contributed by atoms with Crippen LogP contribution < -0.4 is 10.6 Å². The molecule has 90 valence electrons. The predicted molar refractivity (Wildman–Crippen MR) is 64.9 cm³/mol. The quantitative estimate of drug-likeness (QED) is 0.607. The molecule has 0 saturated carbocycles. The minimum atomic E-state index is -0.0869. The molecular weight excluding hydrogens is 188 g/mol. The first-order valence-electron chi connectivity index (χ1n) is 6.09. The molecule has 1 unspecified atom stereocenters. The largest absolute Gasteiger partial charge is 0.358 e. The summed E-state index contributed by atoms with van der Waals surface area (Å²) in [5, 5.41) is 5.94. The van der Waals surface area contributed by atoms with Crippen molar-refractivity contribution in [3.63, 3.8) is 0 Å². The Morgan fingerprint density at radius 1 is 1.20 bits per heavy atom. The molecule has 2 N–H and O–H groups in total. The Labute approximate surface area is 94.0 Å². The first kappa shape index (κ1) is 14.4. The molecule has 0 fully saturated rings. The summed E-state index contributed by atoms with van der Waals surface area (Å²) in [7, 11) is 1.67. The average Bonchev–Trinajstić information content (AvgIpc) is 2.23. The molecule has 0 aromatic heterocycles. The number of rotatable bonds is 8. The van der Waals surface area contributed by atoms with Crippen molar-refractivity contribution in [2.24, 2.45) is 0 Å². The van der Waals surface area contributed by atoms with Crippen molar-refractivity contribution in [2.75, 3.05) is 7.05 Å². The minimum Gasteiger partial charge on any atom is -0.358 e. The average molecular weight is 214 g/mol. The Kier molecular flexibility index (Phi) is 8.38. The lowest BCUT2D eigenvalue weighted by atomic mass is 10.1. The molecule has 3 nitrogen and oxygen atoms in total. The summed E-state index contributed by atoms with van der Waals surface area (Å²) in [6.07, 6.45) is 6.30. The van der Waals surface area contributed by atoms with Gasteiger partial charge in [0.05, 0.1) is 6.04 Å². The summed E-state index contributed by atoms with van der Waals surface area (Å²) < 4.78 is 0. The molecule has 0 radical (unpaired) electrons. The molecule has 0 bridgehead atoms. The van der Waals surface area contributed by atoms with Crippen molar-refractivity contribution in [1.29, 1.82) is 0 Å². The minimum absolute atomic E-state index is 0.0652. The first-order valence-corrected chi connectivity index (χ1v) is 6.09. The Morgan fingerprint density at radius 2 is 1.87 bits per heavy atom. The van der Waals surface area contributed by atoms with E-state index in [2.05, 4.69) is 24.5 Å². The van der Waals surface area contributed by atoms with E-state index in [4.69, 9.17) is 0 Å². The smallest absolute Gasteiger partial charge is 0.236 e. The van der Waals surface area contributed by atoms with E-state index in [9.17, 15) is 4.79 Å². The van der Waals surface area contributed by atoms with E-state index < -0.39 is 0 Å². The SMILES string of the molecule is CCCCCCC(C)N[C@H](C)C(=O)NC. The van der Waals surface area contributed by atoms with Crippen molar-refractivity contribution in [3.05, 3.63) is 0 Å². The first-order chi connectivity index (χ1) is 7.11. The number of hydrogen-bond acceptors (Lipinski definition) is 2. The van der Waals surface area contributed by atoms with Gasteiger partial charge in [0.2, 0.25) is 5.91 Å². The highest BCUT2D eigenvalue weighted by Gasteiger charge is 2.12. The number of carbonyl (C=O) groups is 1. The van der Waals surface area contributed by atoms with Crippen LogP contribution in [-0.4, -0.2) is 25.0 Å². The van der Waals surface area contributed by atoms with E-state index in [-0.39, 0.29) is 11.9 Å². The summed E-state index contributed by atoms with van der Waals surface area (Å²) in [4.78, 5) is 11.2. The lowest BCUT2D eigenvalue weighted by Gasteiger charge is -2.18. The van der Waals surface area contributed by atoms with Gasteiger partial charge in [0.15, 0.2) is 0 Å². The molecule has 0 aliphatic rings. The van der Waals surface area contributed by atoms with Gasteiger partial charge in [0.1, 0.15) is 0 Å². The van der Waals surface area contributed by atoms with Crippen molar-refractivity contribution in [1.82, 2.24) is 10.6 Å². The summed E-state index contributed by atoms with van der Waals surface area (Å²) in [5.41, 5.74) is 0. The predicted octanol–water partition coefficient (Wildman–Crippen LogP) is 2.07. The molecule has 1 amide bonds. The van der Waals surface area contributed by atoms with Crippen LogP contribution in [0.5, 0.6) is 0 Å². The van der Waals surface area contributed by atoms with Gasteiger partial charge in [-0.15, -0.1) is 0 Å². The second-order valence-electron chi connectivity index (χ2n) is 4.25. The standard InChI is InChI=1S/C12H26N2O/c1-5-6-7-8-9-10(2)14-11(3)12(15)13-4/h10-11,14H,5-9H2,1-4H3,(H,13,15)/t10?,11-/m1/s1. The monoisotopic (exact) mass is 214 g/mol. The van der Waals surface area contributed by atoms with Crippen molar-refractivity contribution >= 4 is 5.91 Å². The Hall–Kier alpha value is -0.570. The van der Waals surface area contributed by atoms with Crippen molar-refractivity contribution < 1.29 is 4.79 Å². The summed E-state index contributed by atoms with van der Waals surface area (Å²) >= 11 is 0. The molecule has 0 aromatic rings. The maximum atomic E-state index is 11.2. The second kappa shape index (κ2) is 8.72. The van der Waals surface area contributed by atoms with E-state index in [1.54, 1.807) is 7.05 Å². The summed E-state index contributed by atoms with van der Waals surface area (Å²) in [6, 6.07) is 0.338. The molecule has 0 heterocycles. The van der Waals surface area contributed by atoms with Crippen LogP contribution in [0.3, 0.4) is 0 Å². The molecule has 0 spiro atoms. The lowest BCUT2D eigenvalue weighted by molar-refractivity contribution is -0.122. The van der Waals surface area contributed by atoms with Crippen molar-refractivity contribution in [2.45, 2.75) is 65.0 Å². The number of unbranched alkanes of at least 4 members (excludes halogenated alkanes) is 3. The fourth-order valence-corrected chi connectivity index (χ4v) is 1.68. The molecule has 0 aliphatic heterocycles. The van der Waals surface area contributed by atoms with Gasteiger partial charge in [0.25, 0.3) is 0 Å². The van der Waals surface area contributed by atoms with Crippen LogP contribution in [0.4, 0.5) is 0 Å². The topological polar surface area (TPSA) is 41.1 Å². The maximum Gasteiger partial charge on any atom is 0.236 e. The Bertz CT molecular complexity index is 171. The normalized spacial score (nSPS) is 14.7. The second-order valence-corrected chi connectivity index (χ2v) is 4.25. The third-order valence-corrected chi connectivity index (χ3v) is 2.66. The van der Waals surface area contributed by atoms with Crippen LogP contribution in [0.1, 0.15) is 52.9 Å². The van der Waals surface area contributed by atoms with E-state index in [0.29, 0.717) is 6.04 Å². The van der Waals surface area contributed by atoms with Gasteiger partial charge in [0, 0.05) is 13.1 Å². The highest BCUT2D eigenvalue weighted by atomic mass is 16.2. The van der Waals surface area contributed by atoms with Gasteiger partial charge < -0.3 is 10.6 Å². The molecule has 0 rings (SSSR count). The molecular formula is C12H26N2O. The molecule has 0 saturated heterocycles. The molecule has 2 atom stereocenters. The Balaban J connectivity index is 3.55. The van der Waals surface area contributed by atoms with E-state index in [0.717, 1.165) is 6.42 Å². The molecule has 3 heteroatoms. The van der Waals surface area contributed by atoms with Gasteiger partial charge in [-0.05, 0) is 20.3 Å². The van der Waals surface area contributed by atoms with Gasteiger partial charge >= 0.3 is 0 Å². The van der Waals surface area contributed by atoms with Crippen LogP contribution in [0.2, 0.25) is 0 Å². The maximum absolute atomic E-state index is 11.2. The molecule has 0 aliphatic carbocycles. The highest BCUT2D eigenvalue weighted by molar-refractivity contribution is 5.80. The lowest BCUT2D eigenvalue weighted by Crippen LogP contribution is -2.44. The van der Waals surface area contributed by atoms with Gasteiger partial charge in [-0.2, -0.15) is 0 Å². The fraction of sp³-hybridized carbons (Fsp3) is 0.917. The third-order valence-electron chi connectivity index (χ3n) is 2.66. The van der Waals surface area contributed by atoms with Gasteiger partial charge in [-0.3, -0.25) is 4.79 Å². The van der Waals surface area contributed by atoms with Crippen LogP contribution in [0, 0.1) is 0 Å². The van der Waals surface area contributed by atoms with Crippen LogP contribution in [0.15, 0.2) is 0 Å². The molecule has 15 heavy (non-hydrogen) atoms. The van der Waals surface area contributed by atoms with E-state index in [1.165, 1.54) is 25.7 Å². The number of likely N-dealkylation sites (N-methyl/N-ethyl adjacent to an activating group) is 1. The zero-order valence-corrected chi connectivity index (χ0v) is 10.6. The van der Waals surface area contributed by atoms with Gasteiger partial charge in [-0.25, -0.2) is 0 Å². The Morgan fingerprint density at radius 3 is 2.40 bits per heavy atom. The summed E-state index contributed by atoms with van der Waals surface area (Å²) in [5.74, 6) is 0.0652. The fourth-order valence-electron chi connectivity index (χ4n) is 1.68.